The Balaban J connectivity index is 2.43. The molecule has 0 radical (unpaired) electrons. The van der Waals surface area contributed by atoms with Crippen molar-refractivity contribution in [3.63, 3.8) is 0 Å². The molecule has 1 heterocycles. The van der Waals surface area contributed by atoms with Crippen LogP contribution in [0.25, 0.3) is 0 Å². The average molecular weight is 174 g/mol. The molecule has 0 aromatic heterocycles. The monoisotopic (exact) mass is 174 g/mol. The van der Waals surface area contributed by atoms with Crippen molar-refractivity contribution in [3.05, 3.63) is 0 Å². The zero-order chi connectivity index (χ0) is 9.14. The van der Waals surface area contributed by atoms with E-state index in [9.17, 15) is 9.90 Å². The van der Waals surface area contributed by atoms with E-state index in [0.29, 0.717) is 13.0 Å². The number of rotatable bonds is 1. The van der Waals surface area contributed by atoms with Gasteiger partial charge in [-0.05, 0) is 6.92 Å². The zero-order valence-corrected chi connectivity index (χ0v) is 7.32. The van der Waals surface area contributed by atoms with E-state index >= 15 is 0 Å². The highest BCUT2D eigenvalue weighted by Crippen LogP contribution is 2.17. The van der Waals surface area contributed by atoms with Crippen LogP contribution in [0.4, 0.5) is 0 Å². The summed E-state index contributed by atoms with van der Waals surface area (Å²) in [4.78, 5) is 10.6. The third kappa shape index (κ3) is 2.46. The molecule has 1 N–H and O–H groups in total. The van der Waals surface area contributed by atoms with Gasteiger partial charge in [0.25, 0.3) is 0 Å². The van der Waals surface area contributed by atoms with Crippen LogP contribution in [0.3, 0.4) is 0 Å². The normalized spacial score (nSPS) is 36.1. The van der Waals surface area contributed by atoms with E-state index in [1.807, 2.05) is 6.92 Å². The summed E-state index contributed by atoms with van der Waals surface area (Å²) in [6.45, 7) is 3.52. The van der Waals surface area contributed by atoms with Crippen LogP contribution in [0.1, 0.15) is 20.3 Å². The molecule has 1 aliphatic rings. The van der Waals surface area contributed by atoms with Gasteiger partial charge in [0.2, 0.25) is 0 Å². The van der Waals surface area contributed by atoms with E-state index in [-0.39, 0.29) is 18.2 Å². The smallest absolute Gasteiger partial charge is 0.302 e. The van der Waals surface area contributed by atoms with Gasteiger partial charge in [-0.2, -0.15) is 0 Å². The van der Waals surface area contributed by atoms with Gasteiger partial charge >= 0.3 is 5.97 Å². The van der Waals surface area contributed by atoms with Crippen molar-refractivity contribution in [1.82, 2.24) is 0 Å². The van der Waals surface area contributed by atoms with E-state index in [1.54, 1.807) is 0 Å². The van der Waals surface area contributed by atoms with Gasteiger partial charge in [-0.15, -0.1) is 0 Å². The van der Waals surface area contributed by atoms with Crippen molar-refractivity contribution in [2.24, 2.45) is 0 Å². The Morgan fingerprint density at radius 2 is 2.33 bits per heavy atom. The summed E-state index contributed by atoms with van der Waals surface area (Å²) in [6.07, 6.45) is -0.449. The van der Waals surface area contributed by atoms with Crippen molar-refractivity contribution < 1.29 is 19.4 Å². The first-order valence-electron chi connectivity index (χ1n) is 4.06. The van der Waals surface area contributed by atoms with Crippen LogP contribution >= 0.6 is 0 Å². The molecule has 0 saturated carbocycles. The topological polar surface area (TPSA) is 55.8 Å². The Morgan fingerprint density at radius 3 is 2.92 bits per heavy atom. The molecule has 0 unspecified atom stereocenters. The maximum atomic E-state index is 10.6. The molecule has 0 spiro atoms. The summed E-state index contributed by atoms with van der Waals surface area (Å²) in [6, 6.07) is 0. The molecule has 1 rings (SSSR count). The van der Waals surface area contributed by atoms with Crippen molar-refractivity contribution in [2.45, 2.75) is 38.6 Å². The minimum absolute atomic E-state index is 0.114. The number of hydrogen-bond acceptors (Lipinski definition) is 4. The number of hydrogen-bond donors (Lipinski definition) is 1. The molecule has 0 bridgehead atoms. The van der Waals surface area contributed by atoms with Gasteiger partial charge in [0.1, 0.15) is 6.10 Å². The molecule has 1 aliphatic heterocycles. The third-order valence-electron chi connectivity index (χ3n) is 1.90. The summed E-state index contributed by atoms with van der Waals surface area (Å²) in [5.74, 6) is -0.329. The molecule has 4 heteroatoms. The second-order valence-corrected chi connectivity index (χ2v) is 3.08. The molecule has 1 fully saturated rings. The fourth-order valence-corrected chi connectivity index (χ4v) is 1.26. The highest BCUT2D eigenvalue weighted by atomic mass is 16.6. The predicted octanol–water partition coefficient (Wildman–Crippen LogP) is 0.0878. The standard InChI is InChI=1S/C8H14O4/c1-5-8(12-6(2)9)3-7(10)4-11-5/h5,7-8,10H,3-4H2,1-2H3/t5-,7+,8+/m0/s1. The summed E-state index contributed by atoms with van der Waals surface area (Å²) in [5.41, 5.74) is 0. The molecule has 0 aromatic carbocycles. The Morgan fingerprint density at radius 1 is 1.67 bits per heavy atom. The predicted molar refractivity (Wildman–Crippen MR) is 41.6 cm³/mol. The first-order chi connectivity index (χ1) is 5.59. The lowest BCUT2D eigenvalue weighted by Crippen LogP contribution is -2.41. The minimum atomic E-state index is -0.509. The lowest BCUT2D eigenvalue weighted by atomic mass is 10.0. The zero-order valence-electron chi connectivity index (χ0n) is 7.32. The van der Waals surface area contributed by atoms with Gasteiger partial charge in [-0.25, -0.2) is 0 Å². The van der Waals surface area contributed by atoms with Crippen LogP contribution in [0.15, 0.2) is 0 Å². The molecular formula is C8H14O4. The first kappa shape index (κ1) is 9.48. The molecule has 3 atom stereocenters. The lowest BCUT2D eigenvalue weighted by molar-refractivity contribution is -0.168. The average Bonchev–Trinajstić information content (AvgIpc) is 1.96. The highest BCUT2D eigenvalue weighted by molar-refractivity contribution is 5.66. The van der Waals surface area contributed by atoms with Gasteiger partial charge in [0.15, 0.2) is 0 Å². The van der Waals surface area contributed by atoms with E-state index in [1.165, 1.54) is 6.92 Å². The molecule has 4 nitrogen and oxygen atoms in total. The molecule has 0 aromatic rings. The summed E-state index contributed by atoms with van der Waals surface area (Å²) in [5, 5.41) is 9.19. The second-order valence-electron chi connectivity index (χ2n) is 3.08. The van der Waals surface area contributed by atoms with Crippen LogP contribution in [-0.2, 0) is 14.3 Å². The Hall–Kier alpha value is -0.610. The van der Waals surface area contributed by atoms with Crippen LogP contribution < -0.4 is 0 Å². The fraction of sp³-hybridized carbons (Fsp3) is 0.875. The SMILES string of the molecule is CC(=O)O[C@@H]1C[C@@H](O)CO[C@H]1C. The van der Waals surface area contributed by atoms with Crippen molar-refractivity contribution >= 4 is 5.97 Å². The Bertz CT molecular complexity index is 168. The quantitative estimate of drug-likeness (QED) is 0.572. The number of carbonyl (C=O) groups is 1. The molecular weight excluding hydrogens is 160 g/mol. The Kier molecular flexibility index (Phi) is 3.05. The number of aliphatic hydroxyl groups excluding tert-OH is 1. The summed E-state index contributed by atoms with van der Waals surface area (Å²) < 4.78 is 10.1. The summed E-state index contributed by atoms with van der Waals surface area (Å²) >= 11 is 0. The van der Waals surface area contributed by atoms with Crippen molar-refractivity contribution in [2.75, 3.05) is 6.61 Å². The molecule has 70 valence electrons. The van der Waals surface area contributed by atoms with Gasteiger partial charge in [-0.3, -0.25) is 4.79 Å². The maximum Gasteiger partial charge on any atom is 0.302 e. The second kappa shape index (κ2) is 3.87. The number of aliphatic hydroxyl groups is 1. The first-order valence-corrected chi connectivity index (χ1v) is 4.06. The van der Waals surface area contributed by atoms with E-state index in [4.69, 9.17) is 9.47 Å². The van der Waals surface area contributed by atoms with Crippen molar-refractivity contribution in [3.8, 4) is 0 Å². The largest absolute Gasteiger partial charge is 0.460 e. The van der Waals surface area contributed by atoms with Crippen LogP contribution in [0.5, 0.6) is 0 Å². The molecule has 12 heavy (non-hydrogen) atoms. The van der Waals surface area contributed by atoms with E-state index in [0.717, 1.165) is 0 Å². The number of esters is 1. The van der Waals surface area contributed by atoms with Gasteiger partial charge < -0.3 is 14.6 Å². The highest BCUT2D eigenvalue weighted by Gasteiger charge is 2.29. The fourth-order valence-electron chi connectivity index (χ4n) is 1.26. The number of carbonyl (C=O) groups excluding carboxylic acids is 1. The van der Waals surface area contributed by atoms with Crippen LogP contribution in [-0.4, -0.2) is 36.0 Å². The van der Waals surface area contributed by atoms with Gasteiger partial charge in [0.05, 0.1) is 18.8 Å². The third-order valence-corrected chi connectivity index (χ3v) is 1.90. The van der Waals surface area contributed by atoms with Gasteiger partial charge in [-0.1, -0.05) is 0 Å². The van der Waals surface area contributed by atoms with Gasteiger partial charge in [0, 0.05) is 13.3 Å². The molecule has 0 amide bonds. The summed E-state index contributed by atoms with van der Waals surface area (Å²) in [7, 11) is 0. The lowest BCUT2D eigenvalue weighted by Gasteiger charge is -2.31. The molecule has 0 aliphatic carbocycles. The van der Waals surface area contributed by atoms with Crippen LogP contribution in [0, 0.1) is 0 Å². The van der Waals surface area contributed by atoms with Crippen LogP contribution in [0.2, 0.25) is 0 Å². The van der Waals surface area contributed by atoms with E-state index < -0.39 is 6.10 Å². The number of ether oxygens (including phenoxy) is 2. The van der Waals surface area contributed by atoms with Crippen molar-refractivity contribution in [1.29, 1.82) is 0 Å². The Labute approximate surface area is 71.5 Å². The minimum Gasteiger partial charge on any atom is -0.460 e. The molecule has 1 saturated heterocycles. The van der Waals surface area contributed by atoms with E-state index in [2.05, 4.69) is 0 Å². The maximum absolute atomic E-state index is 10.6.